The van der Waals surface area contributed by atoms with Crippen LogP contribution in [0.25, 0.3) is 0 Å². The van der Waals surface area contributed by atoms with Gasteiger partial charge in [0.2, 0.25) is 0 Å². The number of nitrogens with zero attached hydrogens (tertiary/aromatic N) is 2. The molecule has 0 aromatic carbocycles. The Labute approximate surface area is 116 Å². The number of nitrogens with one attached hydrogen (secondary N) is 2. The number of aromatic amines is 2. The van der Waals surface area contributed by atoms with Crippen molar-refractivity contribution in [2.75, 3.05) is 26.2 Å². The average Bonchev–Trinajstić information content (AvgIpc) is 3.18. The molecule has 0 unspecified atom stereocenters. The maximum Gasteiger partial charge on any atom is 0.270 e. The van der Waals surface area contributed by atoms with Crippen LogP contribution in [0, 0.1) is 0 Å². The van der Waals surface area contributed by atoms with Crippen molar-refractivity contribution in [2.24, 2.45) is 0 Å². The molecular formula is C14H16N4O2. The third-order valence-corrected chi connectivity index (χ3v) is 3.53. The molecule has 1 aliphatic rings. The topological polar surface area (TPSA) is 72.2 Å². The molecule has 3 heterocycles. The number of aromatic nitrogens is 2. The van der Waals surface area contributed by atoms with E-state index in [1.165, 1.54) is 0 Å². The Morgan fingerprint density at radius 1 is 0.950 bits per heavy atom. The molecule has 2 amide bonds. The molecule has 2 N–H and O–H groups in total. The van der Waals surface area contributed by atoms with Gasteiger partial charge in [-0.2, -0.15) is 0 Å². The Hall–Kier alpha value is -2.50. The Morgan fingerprint density at radius 2 is 1.65 bits per heavy atom. The maximum absolute atomic E-state index is 12.2. The molecule has 6 heteroatoms. The summed E-state index contributed by atoms with van der Waals surface area (Å²) in [6.45, 7) is 2.26. The second-order valence-corrected chi connectivity index (χ2v) is 4.77. The summed E-state index contributed by atoms with van der Waals surface area (Å²) in [4.78, 5) is 33.7. The fourth-order valence-corrected chi connectivity index (χ4v) is 2.39. The van der Waals surface area contributed by atoms with E-state index in [0.717, 1.165) is 0 Å². The van der Waals surface area contributed by atoms with Crippen molar-refractivity contribution in [1.82, 2.24) is 19.8 Å². The number of hydrogen-bond acceptors (Lipinski definition) is 2. The first-order valence-electron chi connectivity index (χ1n) is 6.60. The second-order valence-electron chi connectivity index (χ2n) is 4.77. The van der Waals surface area contributed by atoms with Gasteiger partial charge in [-0.05, 0) is 18.2 Å². The maximum atomic E-state index is 12.2. The van der Waals surface area contributed by atoms with Crippen LogP contribution < -0.4 is 0 Å². The Bertz CT molecular complexity index is 526. The van der Waals surface area contributed by atoms with Crippen LogP contribution in [-0.2, 0) is 0 Å². The summed E-state index contributed by atoms with van der Waals surface area (Å²) >= 11 is 0. The smallest absolute Gasteiger partial charge is 0.270 e. The third-order valence-electron chi connectivity index (χ3n) is 3.53. The summed E-state index contributed by atoms with van der Waals surface area (Å²) in [5.41, 5.74) is 1.25. The SMILES string of the molecule is O=C(c1cc[nH]c1)N1CCN(C(=O)c2ccc[nH]2)CC1. The minimum atomic E-state index is -0.0104. The van der Waals surface area contributed by atoms with E-state index in [0.29, 0.717) is 37.4 Å². The Morgan fingerprint density at radius 3 is 2.20 bits per heavy atom. The lowest BCUT2D eigenvalue weighted by molar-refractivity contribution is 0.0533. The number of H-pyrrole nitrogens is 2. The van der Waals surface area contributed by atoms with Crippen LogP contribution in [0.5, 0.6) is 0 Å². The van der Waals surface area contributed by atoms with Gasteiger partial charge in [0.25, 0.3) is 11.8 Å². The van der Waals surface area contributed by atoms with Gasteiger partial charge in [0.1, 0.15) is 5.69 Å². The molecule has 1 aliphatic heterocycles. The number of amides is 2. The minimum Gasteiger partial charge on any atom is -0.367 e. The van der Waals surface area contributed by atoms with Crippen molar-refractivity contribution in [3.63, 3.8) is 0 Å². The van der Waals surface area contributed by atoms with Gasteiger partial charge >= 0.3 is 0 Å². The van der Waals surface area contributed by atoms with E-state index in [2.05, 4.69) is 9.97 Å². The molecule has 3 rings (SSSR count). The fourth-order valence-electron chi connectivity index (χ4n) is 2.39. The molecule has 6 nitrogen and oxygen atoms in total. The molecule has 0 saturated carbocycles. The normalized spacial score (nSPS) is 15.4. The average molecular weight is 272 g/mol. The van der Waals surface area contributed by atoms with Crippen LogP contribution in [0.3, 0.4) is 0 Å². The molecule has 20 heavy (non-hydrogen) atoms. The van der Waals surface area contributed by atoms with Crippen LogP contribution in [0.2, 0.25) is 0 Å². The van der Waals surface area contributed by atoms with Crippen molar-refractivity contribution >= 4 is 11.8 Å². The van der Waals surface area contributed by atoms with Crippen molar-refractivity contribution in [3.05, 3.63) is 48.0 Å². The van der Waals surface area contributed by atoms with Gasteiger partial charge in [-0.3, -0.25) is 9.59 Å². The van der Waals surface area contributed by atoms with E-state index >= 15 is 0 Å². The van der Waals surface area contributed by atoms with Gasteiger partial charge in [-0.15, -0.1) is 0 Å². The van der Waals surface area contributed by atoms with E-state index < -0.39 is 0 Å². The van der Waals surface area contributed by atoms with Crippen LogP contribution in [0.4, 0.5) is 0 Å². The Balaban J connectivity index is 1.60. The number of hydrogen-bond donors (Lipinski definition) is 2. The van der Waals surface area contributed by atoms with Gasteiger partial charge < -0.3 is 19.8 Å². The van der Waals surface area contributed by atoms with Crippen molar-refractivity contribution in [1.29, 1.82) is 0 Å². The number of carbonyl (C=O) groups is 2. The summed E-state index contributed by atoms with van der Waals surface area (Å²) in [6, 6.07) is 5.33. The van der Waals surface area contributed by atoms with E-state index in [9.17, 15) is 9.59 Å². The quantitative estimate of drug-likeness (QED) is 0.854. The lowest BCUT2D eigenvalue weighted by atomic mass is 10.2. The van der Waals surface area contributed by atoms with Crippen molar-refractivity contribution < 1.29 is 9.59 Å². The molecule has 0 aliphatic carbocycles. The zero-order valence-corrected chi connectivity index (χ0v) is 11.0. The summed E-state index contributed by atoms with van der Waals surface area (Å²) < 4.78 is 0. The van der Waals surface area contributed by atoms with E-state index in [1.807, 2.05) is 0 Å². The van der Waals surface area contributed by atoms with E-state index in [4.69, 9.17) is 0 Å². The highest BCUT2D eigenvalue weighted by Crippen LogP contribution is 2.10. The third kappa shape index (κ3) is 2.32. The first kappa shape index (κ1) is 12.5. The highest BCUT2D eigenvalue weighted by atomic mass is 16.2. The zero-order valence-electron chi connectivity index (χ0n) is 11.0. The number of rotatable bonds is 2. The van der Waals surface area contributed by atoms with Gasteiger partial charge in [0.15, 0.2) is 0 Å². The van der Waals surface area contributed by atoms with Crippen molar-refractivity contribution in [3.8, 4) is 0 Å². The van der Waals surface area contributed by atoms with Gasteiger partial charge in [0.05, 0.1) is 5.56 Å². The summed E-state index contributed by atoms with van der Waals surface area (Å²) in [7, 11) is 0. The molecule has 2 aromatic heterocycles. The number of piperazine rings is 1. The molecule has 2 aromatic rings. The zero-order chi connectivity index (χ0) is 13.9. The second kappa shape index (κ2) is 5.24. The minimum absolute atomic E-state index is 0.0104. The first-order chi connectivity index (χ1) is 9.75. The van der Waals surface area contributed by atoms with Crippen LogP contribution in [0.1, 0.15) is 20.8 Å². The van der Waals surface area contributed by atoms with E-state index in [1.54, 1.807) is 46.6 Å². The van der Waals surface area contributed by atoms with Crippen molar-refractivity contribution in [2.45, 2.75) is 0 Å². The monoisotopic (exact) mass is 272 g/mol. The first-order valence-corrected chi connectivity index (χ1v) is 6.60. The molecule has 0 radical (unpaired) electrons. The highest BCUT2D eigenvalue weighted by molar-refractivity contribution is 5.95. The molecule has 0 spiro atoms. The molecule has 1 fully saturated rings. The van der Waals surface area contributed by atoms with Crippen LogP contribution in [0.15, 0.2) is 36.8 Å². The van der Waals surface area contributed by atoms with Gasteiger partial charge in [-0.1, -0.05) is 0 Å². The largest absolute Gasteiger partial charge is 0.367 e. The molecule has 104 valence electrons. The predicted octanol–water partition coefficient (Wildman–Crippen LogP) is 0.941. The molecule has 0 bridgehead atoms. The van der Waals surface area contributed by atoms with Crippen LogP contribution in [-0.4, -0.2) is 57.8 Å². The lowest BCUT2D eigenvalue weighted by Gasteiger charge is -2.34. The van der Waals surface area contributed by atoms with Gasteiger partial charge in [-0.25, -0.2) is 0 Å². The summed E-state index contributed by atoms with van der Waals surface area (Å²) in [5, 5.41) is 0. The standard InChI is InChI=1S/C14H16N4O2/c19-13(11-3-5-15-10-11)17-6-8-18(9-7-17)14(20)12-2-1-4-16-12/h1-5,10,15-16H,6-9H2. The van der Waals surface area contributed by atoms with E-state index in [-0.39, 0.29) is 11.8 Å². The van der Waals surface area contributed by atoms with Gasteiger partial charge in [0, 0.05) is 44.8 Å². The predicted molar refractivity (Wildman–Crippen MR) is 73.4 cm³/mol. The summed E-state index contributed by atoms with van der Waals surface area (Å²) in [6.07, 6.45) is 5.16. The van der Waals surface area contributed by atoms with Crippen LogP contribution >= 0.6 is 0 Å². The lowest BCUT2D eigenvalue weighted by Crippen LogP contribution is -2.50. The fraction of sp³-hybridized carbons (Fsp3) is 0.286. The highest BCUT2D eigenvalue weighted by Gasteiger charge is 2.25. The molecular weight excluding hydrogens is 256 g/mol. The molecule has 0 atom stereocenters. The summed E-state index contributed by atoms with van der Waals surface area (Å²) in [5.74, 6) is 0.00182. The number of carbonyl (C=O) groups excluding carboxylic acids is 2. The Kier molecular flexibility index (Phi) is 3.28. The molecule has 1 saturated heterocycles.